The summed E-state index contributed by atoms with van der Waals surface area (Å²) >= 11 is 0. The molecule has 2 aliphatic heterocycles. The molecule has 0 aromatic carbocycles. The molecular formula is C25H32O8. The summed E-state index contributed by atoms with van der Waals surface area (Å²) in [5, 5.41) is 11.0. The van der Waals surface area contributed by atoms with Crippen molar-refractivity contribution in [3.8, 4) is 5.75 Å². The van der Waals surface area contributed by atoms with Crippen LogP contribution in [0.2, 0.25) is 0 Å². The van der Waals surface area contributed by atoms with Crippen molar-refractivity contribution in [2.75, 3.05) is 7.11 Å². The highest BCUT2D eigenvalue weighted by Crippen LogP contribution is 2.51. The van der Waals surface area contributed by atoms with E-state index in [0.29, 0.717) is 17.9 Å². The monoisotopic (exact) mass is 460 g/mol. The third-order valence-corrected chi connectivity index (χ3v) is 6.32. The highest BCUT2D eigenvalue weighted by atomic mass is 16.7. The topological polar surface area (TPSA) is 104 Å². The molecule has 8 heteroatoms. The second-order valence-corrected chi connectivity index (χ2v) is 8.65. The van der Waals surface area contributed by atoms with Crippen LogP contribution in [-0.4, -0.2) is 53.8 Å². The van der Waals surface area contributed by atoms with E-state index in [1.54, 1.807) is 50.3 Å². The second-order valence-electron chi connectivity index (χ2n) is 8.65. The molecule has 2 aliphatic rings. The summed E-state index contributed by atoms with van der Waals surface area (Å²) < 4.78 is 28.3. The fourth-order valence-electron chi connectivity index (χ4n) is 4.67. The van der Waals surface area contributed by atoms with Crippen LogP contribution in [0.5, 0.6) is 5.75 Å². The summed E-state index contributed by atoms with van der Waals surface area (Å²) in [6.07, 6.45) is 8.37. The molecule has 8 nitrogen and oxygen atoms in total. The fraction of sp³-hybridized carbons (Fsp3) is 0.520. The minimum atomic E-state index is -1.08. The maximum Gasteiger partial charge on any atom is 0.339 e. The third kappa shape index (κ3) is 4.69. The van der Waals surface area contributed by atoms with Crippen LogP contribution in [0.25, 0.3) is 6.08 Å². The Morgan fingerprint density at radius 3 is 2.52 bits per heavy atom. The van der Waals surface area contributed by atoms with Crippen LogP contribution in [0.15, 0.2) is 45.7 Å². The van der Waals surface area contributed by atoms with Gasteiger partial charge in [0.05, 0.1) is 19.3 Å². The summed E-state index contributed by atoms with van der Waals surface area (Å²) in [5.41, 5.74) is -1.73. The molecule has 1 N–H and O–H groups in total. The predicted octanol–water partition coefficient (Wildman–Crippen LogP) is 3.10. The quantitative estimate of drug-likeness (QED) is 0.489. The number of fused-ring (bicyclic) bond motifs is 2. The normalized spacial score (nSPS) is 33.9. The van der Waals surface area contributed by atoms with Crippen LogP contribution < -0.4 is 10.4 Å². The van der Waals surface area contributed by atoms with Gasteiger partial charge in [0.15, 0.2) is 6.10 Å². The Hall–Kier alpha value is -2.68. The molecule has 0 spiro atoms. The smallest absolute Gasteiger partial charge is 0.339 e. The van der Waals surface area contributed by atoms with E-state index < -0.39 is 41.1 Å². The summed E-state index contributed by atoms with van der Waals surface area (Å²) in [4.78, 5) is 23.3. The Morgan fingerprint density at radius 2 is 1.88 bits per heavy atom. The molecule has 0 amide bonds. The van der Waals surface area contributed by atoms with E-state index in [9.17, 15) is 14.7 Å². The summed E-state index contributed by atoms with van der Waals surface area (Å²) in [5.74, 6) is 0.435. The minimum absolute atomic E-state index is 0.320. The van der Waals surface area contributed by atoms with Crippen molar-refractivity contribution in [1.29, 1.82) is 0 Å². The molecule has 6 atom stereocenters. The molecule has 0 saturated carbocycles. The first kappa shape index (κ1) is 25.0. The molecule has 0 aliphatic carbocycles. The van der Waals surface area contributed by atoms with Crippen LogP contribution >= 0.6 is 0 Å². The fourth-order valence-corrected chi connectivity index (χ4v) is 4.67. The summed E-state index contributed by atoms with van der Waals surface area (Å²) in [6, 6.07) is 1.30. The minimum Gasteiger partial charge on any atom is -0.496 e. The Kier molecular flexibility index (Phi) is 7.31. The van der Waals surface area contributed by atoms with Crippen molar-refractivity contribution >= 4 is 12.0 Å². The number of esters is 1. The first-order chi connectivity index (χ1) is 15.6. The lowest BCUT2D eigenvalue weighted by molar-refractivity contribution is -0.235. The van der Waals surface area contributed by atoms with Crippen LogP contribution in [-0.2, 0) is 19.0 Å². The van der Waals surface area contributed by atoms with Crippen molar-refractivity contribution in [2.45, 2.75) is 76.7 Å². The molecule has 3 heterocycles. The zero-order valence-corrected chi connectivity index (χ0v) is 19.9. The largest absolute Gasteiger partial charge is 0.496 e. The van der Waals surface area contributed by atoms with Gasteiger partial charge >= 0.3 is 11.6 Å². The number of carbonyl (C=O) groups is 1. The van der Waals surface area contributed by atoms with Gasteiger partial charge in [-0.05, 0) is 33.3 Å². The second kappa shape index (κ2) is 9.67. The van der Waals surface area contributed by atoms with E-state index >= 15 is 0 Å². The van der Waals surface area contributed by atoms with Crippen molar-refractivity contribution < 1.29 is 33.3 Å². The van der Waals surface area contributed by atoms with Crippen molar-refractivity contribution in [1.82, 2.24) is 0 Å². The molecule has 0 unspecified atom stereocenters. The first-order valence-corrected chi connectivity index (χ1v) is 11.0. The van der Waals surface area contributed by atoms with Crippen molar-refractivity contribution in [3.05, 3.63) is 58.2 Å². The Morgan fingerprint density at radius 1 is 1.18 bits per heavy atom. The van der Waals surface area contributed by atoms with E-state index in [1.165, 1.54) is 20.1 Å². The van der Waals surface area contributed by atoms with Gasteiger partial charge in [0, 0.05) is 12.5 Å². The Labute approximate surface area is 193 Å². The first-order valence-electron chi connectivity index (χ1n) is 11.0. The van der Waals surface area contributed by atoms with Gasteiger partial charge in [0.2, 0.25) is 0 Å². The zero-order valence-electron chi connectivity index (χ0n) is 19.9. The highest BCUT2D eigenvalue weighted by Gasteiger charge is 2.69. The van der Waals surface area contributed by atoms with E-state index in [2.05, 4.69) is 0 Å². The van der Waals surface area contributed by atoms with E-state index in [0.717, 1.165) is 5.56 Å². The number of aliphatic hydroxyl groups is 1. The Bertz CT molecular complexity index is 1020. The van der Waals surface area contributed by atoms with Crippen LogP contribution in [0.1, 0.15) is 45.4 Å². The lowest BCUT2D eigenvalue weighted by Crippen LogP contribution is -2.65. The van der Waals surface area contributed by atoms with E-state index in [-0.39, 0.29) is 6.10 Å². The van der Waals surface area contributed by atoms with Gasteiger partial charge in [-0.3, -0.25) is 4.79 Å². The molecule has 2 bridgehead atoms. The van der Waals surface area contributed by atoms with Crippen molar-refractivity contribution in [2.24, 2.45) is 0 Å². The van der Waals surface area contributed by atoms with Gasteiger partial charge in [0.25, 0.3) is 0 Å². The molecule has 2 fully saturated rings. The molecule has 3 rings (SSSR count). The number of hydrogen-bond acceptors (Lipinski definition) is 8. The van der Waals surface area contributed by atoms with Gasteiger partial charge in [-0.25, -0.2) is 4.79 Å². The number of hydrogen-bond donors (Lipinski definition) is 1. The van der Waals surface area contributed by atoms with Crippen LogP contribution in [0, 0.1) is 6.92 Å². The number of carbonyl (C=O) groups excluding carboxylic acids is 1. The van der Waals surface area contributed by atoms with Crippen LogP contribution in [0.3, 0.4) is 0 Å². The lowest BCUT2D eigenvalue weighted by Gasteiger charge is -2.47. The van der Waals surface area contributed by atoms with Crippen molar-refractivity contribution in [3.63, 3.8) is 0 Å². The highest BCUT2D eigenvalue weighted by molar-refractivity contribution is 5.66. The average Bonchev–Trinajstić information content (AvgIpc) is 2.93. The van der Waals surface area contributed by atoms with Gasteiger partial charge < -0.3 is 28.5 Å². The molecule has 1 aromatic rings. The van der Waals surface area contributed by atoms with Gasteiger partial charge in [-0.2, -0.15) is 0 Å². The number of aliphatic hydroxyl groups excluding tert-OH is 1. The van der Waals surface area contributed by atoms with E-state index in [4.69, 9.17) is 23.4 Å². The number of allylic oxidation sites excluding steroid dienone is 4. The van der Waals surface area contributed by atoms with Gasteiger partial charge in [-0.1, -0.05) is 37.3 Å². The maximum absolute atomic E-state index is 11.7. The number of ether oxygens (including phenoxy) is 4. The molecular weight excluding hydrogens is 428 g/mol. The molecule has 2 saturated heterocycles. The average molecular weight is 461 g/mol. The SMILES string of the molecule is CC[C@@H]1O[C@]2(C)[C@H](OC(C)=O)[C@@]1(C)O[C@@H](C=CC=CC=Cc1oc(=O)cc(OC)c1C)[C@@H]2O. The van der Waals surface area contributed by atoms with Gasteiger partial charge in [0.1, 0.15) is 34.9 Å². The summed E-state index contributed by atoms with van der Waals surface area (Å²) in [7, 11) is 1.50. The third-order valence-electron chi connectivity index (χ3n) is 6.32. The number of rotatable bonds is 7. The van der Waals surface area contributed by atoms with Gasteiger partial charge in [-0.15, -0.1) is 0 Å². The Balaban J connectivity index is 1.73. The zero-order chi connectivity index (χ0) is 24.4. The molecule has 0 radical (unpaired) electrons. The lowest BCUT2D eigenvalue weighted by atomic mass is 9.77. The maximum atomic E-state index is 11.7. The molecule has 33 heavy (non-hydrogen) atoms. The number of methoxy groups -OCH3 is 1. The van der Waals surface area contributed by atoms with E-state index in [1.807, 2.05) is 13.8 Å². The summed E-state index contributed by atoms with van der Waals surface area (Å²) in [6.45, 7) is 8.71. The molecule has 180 valence electrons. The molecule has 1 aromatic heterocycles. The predicted molar refractivity (Wildman–Crippen MR) is 122 cm³/mol. The van der Waals surface area contributed by atoms with Crippen LogP contribution in [0.4, 0.5) is 0 Å². The standard InChI is InChI=1S/C25H32O8/c1-7-20-24(4)23(30-16(3)26)25(5,33-20)22(28)18(32-24)13-11-9-8-10-12-17-15(2)19(29-6)14-21(27)31-17/h8-14,18,20,22-23,28H,7H2,1-6H3/t18-,20-,22-,23+,24-,25-/m0/s1.